The number of fused-ring (bicyclic) bond motifs is 1. The largest absolute Gasteiger partial charge is 0.348 e. The van der Waals surface area contributed by atoms with Gasteiger partial charge in [-0.25, -0.2) is 4.98 Å². The smallest absolute Gasteiger partial charge is 0.225 e. The minimum atomic E-state index is 0.312. The number of nitrogens with zero attached hydrogens (tertiary/aromatic N) is 3. The molecule has 6 heteroatoms. The highest BCUT2D eigenvalue weighted by Crippen LogP contribution is 2.31. The summed E-state index contributed by atoms with van der Waals surface area (Å²) in [6, 6.07) is 6.63. The maximum absolute atomic E-state index is 6.07. The molecule has 0 aromatic carbocycles. The van der Waals surface area contributed by atoms with Crippen molar-refractivity contribution in [2.75, 3.05) is 4.90 Å². The van der Waals surface area contributed by atoms with Crippen LogP contribution in [-0.4, -0.2) is 16.0 Å². The van der Waals surface area contributed by atoms with Crippen molar-refractivity contribution in [2.24, 2.45) is 0 Å². The maximum atomic E-state index is 6.07. The number of halogens is 1. The van der Waals surface area contributed by atoms with Gasteiger partial charge in [0.1, 0.15) is 10.6 Å². The summed E-state index contributed by atoms with van der Waals surface area (Å²) in [4.78, 5) is 13.3. The number of thiophene rings is 2. The highest BCUT2D eigenvalue weighted by atomic mass is 35.5. The van der Waals surface area contributed by atoms with Crippen molar-refractivity contribution in [3.05, 3.63) is 39.1 Å². The van der Waals surface area contributed by atoms with Crippen molar-refractivity contribution >= 4 is 50.3 Å². The van der Waals surface area contributed by atoms with Gasteiger partial charge in [0.25, 0.3) is 0 Å². The molecule has 0 aliphatic rings. The third-order valence-electron chi connectivity index (χ3n) is 3.08. The molecule has 0 fully saturated rings. The minimum Gasteiger partial charge on any atom is -0.348 e. The Bertz CT molecular complexity index is 706. The molecule has 3 rings (SSSR count). The van der Waals surface area contributed by atoms with E-state index < -0.39 is 0 Å². The summed E-state index contributed by atoms with van der Waals surface area (Å²) in [5.74, 6) is 0.921. The van der Waals surface area contributed by atoms with E-state index >= 15 is 0 Å². The lowest BCUT2D eigenvalue weighted by molar-refractivity contribution is 0.679. The van der Waals surface area contributed by atoms with E-state index in [4.69, 9.17) is 11.6 Å². The van der Waals surface area contributed by atoms with E-state index in [0.717, 1.165) is 22.6 Å². The Hall–Kier alpha value is -1.17. The number of hydrogen-bond acceptors (Lipinski definition) is 5. The van der Waals surface area contributed by atoms with E-state index in [9.17, 15) is 0 Å². The molecule has 0 radical (unpaired) electrons. The lowest BCUT2D eigenvalue weighted by Crippen LogP contribution is -2.30. The molecule has 3 aromatic heterocycles. The van der Waals surface area contributed by atoms with E-state index in [-0.39, 0.29) is 0 Å². The molecule has 0 unspecified atom stereocenters. The fourth-order valence-electron chi connectivity index (χ4n) is 2.11. The van der Waals surface area contributed by atoms with Crippen LogP contribution in [0.5, 0.6) is 0 Å². The SMILES string of the molecule is CC(C)N(Cc1cccs1)c1nc(Cl)nc2sccc12. The molecule has 104 valence electrons. The Morgan fingerprint density at radius 3 is 2.75 bits per heavy atom. The molecule has 0 bridgehead atoms. The maximum Gasteiger partial charge on any atom is 0.225 e. The number of aromatic nitrogens is 2. The molecule has 0 N–H and O–H groups in total. The summed E-state index contributed by atoms with van der Waals surface area (Å²) in [6.45, 7) is 5.18. The standard InChI is InChI=1S/C14H14ClN3S2/c1-9(2)18(8-10-4-3-6-19-10)12-11-5-7-20-13(11)17-14(15)16-12/h3-7,9H,8H2,1-2H3. The van der Waals surface area contributed by atoms with Gasteiger partial charge in [0, 0.05) is 10.9 Å². The second-order valence-electron chi connectivity index (χ2n) is 4.76. The Balaban J connectivity index is 2.07. The molecule has 0 saturated heterocycles. The van der Waals surface area contributed by atoms with Crippen LogP contribution < -0.4 is 4.90 Å². The van der Waals surface area contributed by atoms with Gasteiger partial charge >= 0.3 is 0 Å². The topological polar surface area (TPSA) is 29.0 Å². The van der Waals surface area contributed by atoms with Crippen LogP contribution in [0, 0.1) is 0 Å². The van der Waals surface area contributed by atoms with Crippen molar-refractivity contribution < 1.29 is 0 Å². The summed E-state index contributed by atoms with van der Waals surface area (Å²) < 4.78 is 0. The average Bonchev–Trinajstić information content (AvgIpc) is 3.05. The first kappa shape index (κ1) is 13.8. The first-order chi connectivity index (χ1) is 9.65. The molecule has 0 spiro atoms. The highest BCUT2D eigenvalue weighted by Gasteiger charge is 2.18. The van der Waals surface area contributed by atoms with E-state index in [2.05, 4.69) is 52.3 Å². The summed E-state index contributed by atoms with van der Waals surface area (Å²) in [7, 11) is 0. The van der Waals surface area contributed by atoms with Crippen LogP contribution in [0.15, 0.2) is 29.0 Å². The van der Waals surface area contributed by atoms with Crippen molar-refractivity contribution in [2.45, 2.75) is 26.4 Å². The van der Waals surface area contributed by atoms with E-state index in [0.29, 0.717) is 11.3 Å². The molecule has 20 heavy (non-hydrogen) atoms. The van der Waals surface area contributed by atoms with Gasteiger partial charge in [-0.2, -0.15) is 4.98 Å². The lowest BCUT2D eigenvalue weighted by atomic mass is 10.2. The van der Waals surface area contributed by atoms with Crippen molar-refractivity contribution in [3.63, 3.8) is 0 Å². The van der Waals surface area contributed by atoms with Crippen LogP contribution >= 0.6 is 34.3 Å². The van der Waals surface area contributed by atoms with Crippen LogP contribution in [0.4, 0.5) is 5.82 Å². The van der Waals surface area contributed by atoms with E-state index in [1.54, 1.807) is 22.7 Å². The Labute approximate surface area is 130 Å². The molecule has 3 heterocycles. The van der Waals surface area contributed by atoms with Crippen LogP contribution in [0.2, 0.25) is 5.28 Å². The molecule has 0 saturated carbocycles. The van der Waals surface area contributed by atoms with Crippen LogP contribution in [0.25, 0.3) is 10.2 Å². The Kier molecular flexibility index (Phi) is 3.92. The average molecular weight is 324 g/mol. The molecule has 3 aromatic rings. The zero-order valence-corrected chi connectivity index (χ0v) is 13.6. The quantitative estimate of drug-likeness (QED) is 0.644. The summed E-state index contributed by atoms with van der Waals surface area (Å²) >= 11 is 9.42. The first-order valence-electron chi connectivity index (χ1n) is 6.35. The van der Waals surface area contributed by atoms with Gasteiger partial charge in [-0.3, -0.25) is 0 Å². The van der Waals surface area contributed by atoms with Gasteiger partial charge in [-0.15, -0.1) is 22.7 Å². The van der Waals surface area contributed by atoms with Crippen LogP contribution in [0.1, 0.15) is 18.7 Å². The molecule has 0 aliphatic heterocycles. The molecule has 0 atom stereocenters. The first-order valence-corrected chi connectivity index (χ1v) is 8.48. The Morgan fingerprint density at radius 1 is 1.20 bits per heavy atom. The van der Waals surface area contributed by atoms with Gasteiger partial charge in [0.05, 0.1) is 11.9 Å². The van der Waals surface area contributed by atoms with Gasteiger partial charge in [-0.1, -0.05) is 6.07 Å². The van der Waals surface area contributed by atoms with Crippen LogP contribution in [-0.2, 0) is 6.54 Å². The fraction of sp³-hybridized carbons (Fsp3) is 0.286. The lowest BCUT2D eigenvalue weighted by Gasteiger charge is -2.28. The molecule has 0 aliphatic carbocycles. The summed E-state index contributed by atoms with van der Waals surface area (Å²) in [6.07, 6.45) is 0. The van der Waals surface area contributed by atoms with E-state index in [1.807, 2.05) is 5.38 Å². The summed E-state index contributed by atoms with van der Waals surface area (Å²) in [5.41, 5.74) is 0. The van der Waals surface area contributed by atoms with Gasteiger partial charge in [-0.05, 0) is 48.3 Å². The fourth-order valence-corrected chi connectivity index (χ4v) is 3.78. The Morgan fingerprint density at radius 2 is 2.05 bits per heavy atom. The molecule has 3 nitrogen and oxygen atoms in total. The van der Waals surface area contributed by atoms with E-state index in [1.165, 1.54) is 4.88 Å². The monoisotopic (exact) mass is 323 g/mol. The second-order valence-corrected chi connectivity index (χ2v) is 7.02. The van der Waals surface area contributed by atoms with Crippen molar-refractivity contribution in [1.82, 2.24) is 9.97 Å². The third-order valence-corrected chi connectivity index (χ3v) is 4.92. The third kappa shape index (κ3) is 2.66. The highest BCUT2D eigenvalue weighted by molar-refractivity contribution is 7.16. The number of rotatable bonds is 4. The normalized spacial score (nSPS) is 11.4. The van der Waals surface area contributed by atoms with Crippen molar-refractivity contribution in [1.29, 1.82) is 0 Å². The predicted molar refractivity (Wildman–Crippen MR) is 88.1 cm³/mol. The second kappa shape index (κ2) is 5.68. The molecular formula is C14H14ClN3S2. The molecule has 0 amide bonds. The van der Waals surface area contributed by atoms with Gasteiger partial charge in [0.2, 0.25) is 5.28 Å². The zero-order valence-electron chi connectivity index (χ0n) is 11.2. The number of anilines is 1. The summed E-state index contributed by atoms with van der Waals surface area (Å²) in [5, 5.41) is 5.51. The zero-order chi connectivity index (χ0) is 14.1. The molecular weight excluding hydrogens is 310 g/mol. The minimum absolute atomic E-state index is 0.312. The van der Waals surface area contributed by atoms with Gasteiger partial charge in [0.15, 0.2) is 0 Å². The van der Waals surface area contributed by atoms with Crippen LogP contribution in [0.3, 0.4) is 0 Å². The van der Waals surface area contributed by atoms with Gasteiger partial charge < -0.3 is 4.90 Å². The van der Waals surface area contributed by atoms with Crippen molar-refractivity contribution in [3.8, 4) is 0 Å². The predicted octanol–water partition coefficient (Wildman–Crippen LogP) is 4.82. The number of hydrogen-bond donors (Lipinski definition) is 0.